The van der Waals surface area contributed by atoms with E-state index in [4.69, 9.17) is 11.3 Å². The van der Waals surface area contributed by atoms with Gasteiger partial charge in [-0.1, -0.05) is 0 Å². The van der Waals surface area contributed by atoms with Crippen LogP contribution < -0.4 is 16.6 Å². The van der Waals surface area contributed by atoms with Crippen LogP contribution in [0, 0.1) is 5.41 Å². The number of hydrazine groups is 1. The van der Waals surface area contributed by atoms with Crippen molar-refractivity contribution in [3.8, 4) is 0 Å². The third-order valence-corrected chi connectivity index (χ3v) is 3.24. The predicted octanol–water partition coefficient (Wildman–Crippen LogP) is -0.584. The lowest BCUT2D eigenvalue weighted by Gasteiger charge is -2.35. The molecule has 1 saturated carbocycles. The Morgan fingerprint density at radius 2 is 2.12 bits per heavy atom. The normalized spacial score (nSPS) is 24.9. The number of nitrogens with one attached hydrogen (secondary N) is 3. The van der Waals surface area contributed by atoms with Gasteiger partial charge in [-0.05, 0) is 25.7 Å². The van der Waals surface area contributed by atoms with Gasteiger partial charge in [-0.3, -0.25) is 21.5 Å². The van der Waals surface area contributed by atoms with E-state index in [1.54, 1.807) is 0 Å². The molecule has 5 N–H and O–H groups in total. The summed E-state index contributed by atoms with van der Waals surface area (Å²) in [5.74, 6) is 5.70. The van der Waals surface area contributed by atoms with E-state index >= 15 is 0 Å². The van der Waals surface area contributed by atoms with Gasteiger partial charge in [0.1, 0.15) is 5.84 Å². The molecule has 0 atom stereocenters. The van der Waals surface area contributed by atoms with Gasteiger partial charge in [0.15, 0.2) is 0 Å². The van der Waals surface area contributed by atoms with E-state index in [0.717, 1.165) is 32.1 Å². The van der Waals surface area contributed by atoms with Crippen LogP contribution in [0.5, 0.6) is 0 Å². The van der Waals surface area contributed by atoms with Crippen molar-refractivity contribution in [2.24, 2.45) is 5.84 Å². The van der Waals surface area contributed by atoms with Crippen molar-refractivity contribution in [3.05, 3.63) is 0 Å². The number of hydrogen-bond acceptors (Lipinski definition) is 4. The van der Waals surface area contributed by atoms with Crippen molar-refractivity contribution in [3.63, 3.8) is 0 Å². The summed E-state index contributed by atoms with van der Waals surface area (Å²) in [7, 11) is 1.93. The Hall–Kier alpha value is -1.14. The van der Waals surface area contributed by atoms with Crippen LogP contribution in [0.4, 0.5) is 0 Å². The predicted molar refractivity (Wildman–Crippen MR) is 62.9 cm³/mol. The van der Waals surface area contributed by atoms with Crippen LogP contribution >= 0.6 is 0 Å². The van der Waals surface area contributed by atoms with E-state index in [-0.39, 0.29) is 0 Å². The monoisotopic (exact) mass is 227 g/mol. The molecule has 92 valence electrons. The summed E-state index contributed by atoms with van der Waals surface area (Å²) in [4.78, 5) is 12.3. The number of carbonyl (C=O) groups excluding carboxylic acids is 1. The summed E-state index contributed by atoms with van der Waals surface area (Å²) >= 11 is 0. The minimum Gasteiger partial charge on any atom is -0.360 e. The number of nitrogens with zero attached hydrogens (tertiary/aromatic N) is 1. The van der Waals surface area contributed by atoms with E-state index in [9.17, 15) is 4.79 Å². The zero-order valence-electron chi connectivity index (χ0n) is 9.70. The summed E-state index contributed by atoms with van der Waals surface area (Å²) in [5.41, 5.74) is 2.49. The zero-order chi connectivity index (χ0) is 12.0. The fourth-order valence-corrected chi connectivity index (χ4v) is 2.17. The fraction of sp³-hybridized carbons (Fsp3) is 0.800. The van der Waals surface area contributed by atoms with E-state index < -0.39 is 0 Å². The van der Waals surface area contributed by atoms with Gasteiger partial charge in [-0.15, -0.1) is 0 Å². The third-order valence-electron chi connectivity index (χ3n) is 3.24. The Bertz CT molecular complexity index is 237. The number of amidine groups is 1. The molecule has 6 nitrogen and oxygen atoms in total. The quantitative estimate of drug-likeness (QED) is 0.166. The highest BCUT2D eigenvalue weighted by Crippen LogP contribution is 2.22. The maximum absolute atomic E-state index is 10.3. The van der Waals surface area contributed by atoms with E-state index in [2.05, 4.69) is 10.7 Å². The van der Waals surface area contributed by atoms with Gasteiger partial charge in [0, 0.05) is 19.1 Å². The number of hydrogen-bond donors (Lipinski definition) is 4. The first-order valence-corrected chi connectivity index (χ1v) is 5.62. The molecule has 0 aliphatic heterocycles. The minimum absolute atomic E-state index is 0.309. The zero-order valence-corrected chi connectivity index (χ0v) is 9.70. The number of likely N-dealkylation sites (N-methyl/N-ethyl adjacent to an activating group) is 1. The van der Waals surface area contributed by atoms with E-state index in [0.29, 0.717) is 24.5 Å². The van der Waals surface area contributed by atoms with Crippen molar-refractivity contribution in [2.75, 3.05) is 13.6 Å². The summed E-state index contributed by atoms with van der Waals surface area (Å²) in [5, 5.41) is 10.6. The van der Waals surface area contributed by atoms with Crippen molar-refractivity contribution in [2.45, 2.75) is 37.8 Å². The number of amides is 1. The number of rotatable bonds is 5. The molecule has 1 amide bonds. The van der Waals surface area contributed by atoms with Crippen LogP contribution in [-0.2, 0) is 4.79 Å². The van der Waals surface area contributed by atoms with E-state index in [1.807, 2.05) is 11.9 Å². The number of carbonyl (C=O) groups is 1. The first-order chi connectivity index (χ1) is 7.69. The van der Waals surface area contributed by atoms with Crippen molar-refractivity contribution < 1.29 is 4.79 Å². The largest absolute Gasteiger partial charge is 0.360 e. The molecule has 0 aromatic rings. The molecule has 0 spiro atoms. The average molecular weight is 227 g/mol. The van der Waals surface area contributed by atoms with Gasteiger partial charge in [0.05, 0.1) is 6.54 Å². The first-order valence-electron chi connectivity index (χ1n) is 5.62. The van der Waals surface area contributed by atoms with Gasteiger partial charge < -0.3 is 10.2 Å². The molecule has 0 unspecified atom stereocenters. The van der Waals surface area contributed by atoms with Crippen LogP contribution in [0.1, 0.15) is 25.7 Å². The lowest BCUT2D eigenvalue weighted by molar-refractivity contribution is -0.110. The van der Waals surface area contributed by atoms with Crippen molar-refractivity contribution >= 4 is 12.2 Å². The second-order valence-electron chi connectivity index (χ2n) is 4.23. The molecular formula is C10H21N5O. The summed E-state index contributed by atoms with van der Waals surface area (Å²) in [6, 6.07) is 0.703. The molecule has 1 aliphatic carbocycles. The number of nitrogens with two attached hydrogens (primary N) is 1. The SMILES string of the molecule is CN(C(=N)CNN)C1CCC(NC=O)CC1. The van der Waals surface area contributed by atoms with Gasteiger partial charge in [0.25, 0.3) is 0 Å². The van der Waals surface area contributed by atoms with Crippen LogP contribution in [0.25, 0.3) is 0 Å². The molecule has 6 heteroatoms. The topological polar surface area (TPSA) is 94.2 Å². The molecular weight excluding hydrogens is 206 g/mol. The second kappa shape index (κ2) is 6.44. The molecule has 1 fully saturated rings. The molecule has 0 aromatic carbocycles. The van der Waals surface area contributed by atoms with Crippen LogP contribution in [-0.4, -0.2) is 42.8 Å². The molecule has 16 heavy (non-hydrogen) atoms. The lowest BCUT2D eigenvalue weighted by atomic mass is 9.90. The Kier molecular flexibility index (Phi) is 5.21. The minimum atomic E-state index is 0.309. The summed E-state index contributed by atoms with van der Waals surface area (Å²) in [6.45, 7) is 0.392. The second-order valence-corrected chi connectivity index (χ2v) is 4.23. The Balaban J connectivity index is 2.35. The lowest BCUT2D eigenvalue weighted by Crippen LogP contribution is -2.46. The maximum Gasteiger partial charge on any atom is 0.207 e. The summed E-state index contributed by atoms with van der Waals surface area (Å²) in [6.07, 6.45) is 4.76. The summed E-state index contributed by atoms with van der Waals surface area (Å²) < 4.78 is 0. The van der Waals surface area contributed by atoms with Crippen LogP contribution in [0.2, 0.25) is 0 Å². The van der Waals surface area contributed by atoms with Gasteiger partial charge in [0.2, 0.25) is 6.41 Å². The first kappa shape index (κ1) is 12.9. The van der Waals surface area contributed by atoms with Crippen molar-refractivity contribution in [1.29, 1.82) is 5.41 Å². The molecule has 0 bridgehead atoms. The highest BCUT2D eigenvalue weighted by atomic mass is 16.1. The molecule has 0 aromatic heterocycles. The molecule has 0 heterocycles. The van der Waals surface area contributed by atoms with Crippen LogP contribution in [0.15, 0.2) is 0 Å². The molecule has 0 saturated heterocycles. The van der Waals surface area contributed by atoms with Crippen molar-refractivity contribution in [1.82, 2.24) is 15.6 Å². The molecule has 1 aliphatic rings. The third kappa shape index (κ3) is 3.46. The Morgan fingerprint density at radius 3 is 2.62 bits per heavy atom. The molecule has 1 rings (SSSR count). The van der Waals surface area contributed by atoms with E-state index in [1.165, 1.54) is 0 Å². The standard InChI is InChI=1S/C10H21N5O/c1-15(10(11)6-14-12)9-4-2-8(3-5-9)13-7-16/h7-9,11,14H,2-6,12H2,1H3,(H,13,16). The smallest absolute Gasteiger partial charge is 0.207 e. The maximum atomic E-state index is 10.3. The Labute approximate surface area is 96.0 Å². The average Bonchev–Trinajstić information content (AvgIpc) is 2.30. The fourth-order valence-electron chi connectivity index (χ4n) is 2.17. The highest BCUT2D eigenvalue weighted by molar-refractivity contribution is 5.81. The van der Waals surface area contributed by atoms with Gasteiger partial charge in [-0.25, -0.2) is 0 Å². The van der Waals surface area contributed by atoms with Gasteiger partial charge in [-0.2, -0.15) is 0 Å². The Morgan fingerprint density at radius 1 is 1.50 bits per heavy atom. The molecule has 0 radical (unpaired) electrons. The highest BCUT2D eigenvalue weighted by Gasteiger charge is 2.24. The van der Waals surface area contributed by atoms with Gasteiger partial charge >= 0.3 is 0 Å². The van der Waals surface area contributed by atoms with Crippen LogP contribution in [0.3, 0.4) is 0 Å².